The summed E-state index contributed by atoms with van der Waals surface area (Å²) in [5.41, 5.74) is 3.18. The summed E-state index contributed by atoms with van der Waals surface area (Å²) in [4.78, 5) is 30.7. The number of halogens is 4. The Bertz CT molecular complexity index is 421. The summed E-state index contributed by atoms with van der Waals surface area (Å²) >= 11 is 0. The van der Waals surface area contributed by atoms with Crippen molar-refractivity contribution in [3.8, 4) is 0 Å². The first-order valence-corrected chi connectivity index (χ1v) is 5.85. The molecule has 7 nitrogen and oxygen atoms in total. The first-order chi connectivity index (χ1) is 10.7. The maximum absolute atomic E-state index is 11.5. The maximum atomic E-state index is 11.5. The summed E-state index contributed by atoms with van der Waals surface area (Å²) in [6.45, 7) is 3.22. The number of esters is 1. The van der Waals surface area contributed by atoms with Crippen LogP contribution in [0.2, 0.25) is 0 Å². The van der Waals surface area contributed by atoms with Gasteiger partial charge in [0.1, 0.15) is 15.5 Å². The Hall–Kier alpha value is -1.90. The third-order valence-electron chi connectivity index (χ3n) is 1.71. The molecule has 1 heterocycles. The van der Waals surface area contributed by atoms with E-state index in [2.05, 4.69) is 16.7 Å². The number of amides is 1. The smallest absolute Gasteiger partial charge is 0.450 e. The van der Waals surface area contributed by atoms with E-state index < -0.39 is 24.3 Å². The largest absolute Gasteiger partial charge is 0.466 e. The Morgan fingerprint density at radius 3 is 2.18 bits per heavy atom. The van der Waals surface area contributed by atoms with E-state index in [1.807, 2.05) is 6.92 Å². The molecular formula is C10H15F4N2O5P. The molecule has 0 saturated carbocycles. The molecule has 0 atom stereocenters. The minimum absolute atomic E-state index is 0.00231. The van der Waals surface area contributed by atoms with Crippen LogP contribution < -0.4 is 5.43 Å². The van der Waals surface area contributed by atoms with Crippen molar-refractivity contribution in [2.45, 2.75) is 32.9 Å². The molecule has 0 aromatic heterocycles. The molecule has 0 spiro atoms. The molecule has 0 aromatic carbocycles. The number of ketones is 1. The number of Topliss-reactive ketones (excluding diaryl/α,β-unsaturated/α-hetero) is 1. The Morgan fingerprint density at radius 1 is 1.45 bits per heavy atom. The summed E-state index contributed by atoms with van der Waals surface area (Å²) in [6, 6.07) is 0. The second-order valence-electron chi connectivity index (χ2n) is 3.46. The zero-order valence-corrected chi connectivity index (χ0v) is 12.6. The van der Waals surface area contributed by atoms with Crippen LogP contribution in [0.1, 0.15) is 26.7 Å². The van der Waals surface area contributed by atoms with Gasteiger partial charge >= 0.3 is 12.1 Å². The standard InChI is InChI=1S/C6H7F3O3.C4H6N2O.FH.HOP/c1-2-12-5(11)3-4(10)6(7,8)9;1-3-2-4(7)6-5-3;;1-2/h2-3H2,1H3;2H2,1H3,(H,6,7);1H;2H/i/hT. The Balaban J connectivity index is -0.000000307. The Morgan fingerprint density at radius 2 is 1.95 bits per heavy atom. The van der Waals surface area contributed by atoms with Gasteiger partial charge in [0.15, 0.2) is 0 Å². The number of nitrogens with one attached hydrogen (secondary N) is 1. The van der Waals surface area contributed by atoms with Gasteiger partial charge in [0.05, 0.1) is 13.0 Å². The minimum atomic E-state index is -4.95. The number of hydrogen-bond donors (Lipinski definition) is 1. The highest BCUT2D eigenvalue weighted by molar-refractivity contribution is 7.00. The zero-order chi connectivity index (χ0) is 19.1. The molecule has 0 aromatic rings. The first kappa shape index (κ1) is 22.4. The number of nitrogens with zero attached hydrogens (tertiary/aromatic N) is 1. The van der Waals surface area contributed by atoms with Crippen molar-refractivity contribution in [3.05, 3.63) is 0 Å². The lowest BCUT2D eigenvalue weighted by Gasteiger charge is -2.03. The number of alkyl halides is 3. The molecule has 1 N–H and O–H groups in total. The second kappa shape index (κ2) is 12.8. The second-order valence-corrected chi connectivity index (χ2v) is 3.46. The van der Waals surface area contributed by atoms with Gasteiger partial charge in [0, 0.05) is 5.71 Å². The van der Waals surface area contributed by atoms with E-state index in [0.717, 1.165) is 5.71 Å². The number of ether oxygens (including phenoxy) is 1. The molecular weight excluding hydrogens is 335 g/mol. The van der Waals surface area contributed by atoms with E-state index >= 15 is 0 Å². The number of carbonyl (C=O) groups excluding carboxylic acids is 3. The topological polar surface area (TPSA) is 102 Å². The van der Waals surface area contributed by atoms with Gasteiger partial charge < -0.3 is 4.74 Å². The molecule has 1 aliphatic rings. The summed E-state index contributed by atoms with van der Waals surface area (Å²) in [6.07, 6.45) is -5.72. The summed E-state index contributed by atoms with van der Waals surface area (Å²) < 4.78 is 59.7. The molecule has 1 aliphatic heterocycles. The van der Waals surface area contributed by atoms with Gasteiger partial charge in [0.25, 0.3) is 1.45 Å². The van der Waals surface area contributed by atoms with E-state index in [9.17, 15) is 27.6 Å². The number of rotatable bonds is 3. The molecule has 22 heavy (non-hydrogen) atoms. The van der Waals surface area contributed by atoms with E-state index in [1.54, 1.807) is 9.12 Å². The fourth-order valence-corrected chi connectivity index (χ4v) is 0.913. The van der Waals surface area contributed by atoms with Crippen LogP contribution in [0.25, 0.3) is 0 Å². The van der Waals surface area contributed by atoms with Crippen molar-refractivity contribution < 1.29 is 41.6 Å². The van der Waals surface area contributed by atoms with Gasteiger partial charge in [-0.25, -0.2) is 5.43 Å². The van der Waals surface area contributed by atoms with Gasteiger partial charge in [-0.05, 0) is 13.8 Å². The average Bonchev–Trinajstić information content (AvgIpc) is 2.86. The Labute approximate surface area is 126 Å². The molecule has 0 unspecified atom stereocenters. The molecule has 128 valence electrons. The lowest BCUT2D eigenvalue weighted by molar-refractivity contribution is -0.174. The molecule has 12 heteroatoms. The quantitative estimate of drug-likeness (QED) is 0.360. The summed E-state index contributed by atoms with van der Waals surface area (Å²) in [5.74, 6) is -3.24. The van der Waals surface area contributed by atoms with Crippen molar-refractivity contribution in [2.75, 3.05) is 6.61 Å². The first-order valence-electron chi connectivity index (χ1n) is 5.82. The van der Waals surface area contributed by atoms with Crippen molar-refractivity contribution in [2.24, 2.45) is 5.10 Å². The van der Waals surface area contributed by atoms with Crippen molar-refractivity contribution in [1.29, 1.82) is 1.45 Å². The third kappa shape index (κ3) is 13.1. The molecule has 0 radical (unpaired) electrons. The zero-order valence-electron chi connectivity index (χ0n) is 12.6. The van der Waals surface area contributed by atoms with Gasteiger partial charge in [-0.3, -0.25) is 23.7 Å². The predicted octanol–water partition coefficient (Wildman–Crippen LogP) is 1.58. The van der Waals surface area contributed by atoms with E-state index in [4.69, 9.17) is 9.28 Å². The molecule has 1 amide bonds. The van der Waals surface area contributed by atoms with Crippen molar-refractivity contribution in [1.82, 2.24) is 5.43 Å². The van der Waals surface area contributed by atoms with Crippen LogP contribution in [0.3, 0.4) is 0 Å². The van der Waals surface area contributed by atoms with E-state index in [1.165, 1.54) is 6.92 Å². The van der Waals surface area contributed by atoms with Crippen molar-refractivity contribution in [3.63, 3.8) is 0 Å². The number of carbonyl (C=O) groups is 3. The number of hydrogen-bond acceptors (Lipinski definition) is 6. The highest BCUT2D eigenvalue weighted by atomic mass is 31.0. The van der Waals surface area contributed by atoms with E-state index in [-0.39, 0.29) is 12.5 Å². The minimum Gasteiger partial charge on any atom is -0.466 e. The highest BCUT2D eigenvalue weighted by Gasteiger charge is 2.39. The molecule has 1 rings (SSSR count). The fourth-order valence-electron chi connectivity index (χ4n) is 0.913. The summed E-state index contributed by atoms with van der Waals surface area (Å²) in [5, 5.41) is 3.63. The monoisotopic (exact) mass is 352 g/mol. The van der Waals surface area contributed by atoms with Crippen LogP contribution in [-0.2, 0) is 23.7 Å². The van der Waals surface area contributed by atoms with Crippen LogP contribution in [-0.4, -0.2) is 37.6 Å². The van der Waals surface area contributed by atoms with Crippen LogP contribution in [0.5, 0.6) is 0 Å². The van der Waals surface area contributed by atoms with Crippen LogP contribution in [0.4, 0.5) is 17.9 Å². The van der Waals surface area contributed by atoms with Gasteiger partial charge in [-0.15, -0.1) is 0 Å². The molecule has 0 fully saturated rings. The molecule has 0 aliphatic carbocycles. The number of hydrazone groups is 1. The normalized spacial score (nSPS) is 12.5. The molecule has 0 saturated heterocycles. The average molecular weight is 352 g/mol. The predicted molar refractivity (Wildman–Crippen MR) is 69.7 cm³/mol. The summed E-state index contributed by atoms with van der Waals surface area (Å²) in [7, 11) is 1.72. The third-order valence-corrected chi connectivity index (χ3v) is 1.71. The van der Waals surface area contributed by atoms with Crippen molar-refractivity contribution >= 4 is 32.5 Å². The maximum Gasteiger partial charge on any atom is 0.450 e. The fraction of sp³-hybridized carbons (Fsp3) is 0.600. The SMILES string of the molecule is CC1=NNC(=O)C1.CCOC(=O)CC(=O)C(F)(F)F.O=P.[3H]F. The Kier molecular flexibility index (Phi) is 13.0. The molecule has 0 bridgehead atoms. The van der Waals surface area contributed by atoms with Crippen LogP contribution >= 0.6 is 9.12 Å². The lowest BCUT2D eigenvalue weighted by Crippen LogP contribution is -2.26. The van der Waals surface area contributed by atoms with Gasteiger partial charge in [-0.2, -0.15) is 18.3 Å². The van der Waals surface area contributed by atoms with Crippen LogP contribution in [0.15, 0.2) is 5.10 Å². The highest BCUT2D eigenvalue weighted by Crippen LogP contribution is 2.17. The van der Waals surface area contributed by atoms with E-state index in [0.29, 0.717) is 6.42 Å². The van der Waals surface area contributed by atoms with Gasteiger partial charge in [-0.1, -0.05) is 0 Å². The lowest BCUT2D eigenvalue weighted by atomic mass is 10.3. The van der Waals surface area contributed by atoms with Gasteiger partial charge in [0.2, 0.25) is 11.7 Å². The van der Waals surface area contributed by atoms with Crippen LogP contribution in [0, 0.1) is 0 Å².